The van der Waals surface area contributed by atoms with E-state index in [2.05, 4.69) is 10.3 Å². The maximum atomic E-state index is 13.6. The lowest BCUT2D eigenvalue weighted by atomic mass is 9.57. The van der Waals surface area contributed by atoms with Crippen molar-refractivity contribution in [2.45, 2.75) is 25.4 Å². The number of rotatable bonds is 2. The lowest BCUT2D eigenvalue weighted by Crippen LogP contribution is -2.59. The van der Waals surface area contributed by atoms with Gasteiger partial charge in [-0.2, -0.15) is 0 Å². The molecule has 10 heteroatoms. The van der Waals surface area contributed by atoms with Crippen molar-refractivity contribution in [3.63, 3.8) is 0 Å². The van der Waals surface area contributed by atoms with E-state index in [1.807, 2.05) is 0 Å². The average molecular weight is 439 g/mol. The number of nitrogens with two attached hydrogens (primary N) is 1. The summed E-state index contributed by atoms with van der Waals surface area (Å²) >= 11 is 0. The summed E-state index contributed by atoms with van der Waals surface area (Å²) in [6.07, 6.45) is 1.66. The van der Waals surface area contributed by atoms with Crippen molar-refractivity contribution >= 4 is 34.3 Å². The normalized spacial score (nSPS) is 29.7. The van der Waals surface area contributed by atoms with Gasteiger partial charge in [-0.25, -0.2) is 4.98 Å². The Morgan fingerprint density at radius 2 is 2.06 bits per heavy atom. The van der Waals surface area contributed by atoms with E-state index < -0.39 is 57.9 Å². The molecule has 2 unspecified atom stereocenters. The number of amides is 1. The van der Waals surface area contributed by atoms with Gasteiger partial charge >= 0.3 is 0 Å². The van der Waals surface area contributed by atoms with Gasteiger partial charge in [0.25, 0.3) is 5.91 Å². The van der Waals surface area contributed by atoms with Crippen molar-refractivity contribution in [2.24, 2.45) is 23.5 Å². The summed E-state index contributed by atoms with van der Waals surface area (Å²) in [5, 5.41) is 36.1. The maximum absolute atomic E-state index is 13.6. The Bertz CT molecular complexity index is 1300. The largest absolute Gasteiger partial charge is 0.511 e. The Morgan fingerprint density at radius 1 is 1.34 bits per heavy atom. The number of oxazole rings is 1. The van der Waals surface area contributed by atoms with Crippen LogP contribution < -0.4 is 11.1 Å². The molecular formula is C22H21N3O7. The van der Waals surface area contributed by atoms with Crippen molar-refractivity contribution in [3.8, 4) is 0 Å². The fourth-order valence-electron chi connectivity index (χ4n) is 5.55. The lowest BCUT2D eigenvalue weighted by molar-refractivity contribution is -0.147. The molecule has 0 spiro atoms. The van der Waals surface area contributed by atoms with E-state index in [0.717, 1.165) is 0 Å². The summed E-state index contributed by atoms with van der Waals surface area (Å²) in [5.74, 6) is -6.65. The van der Waals surface area contributed by atoms with E-state index in [1.165, 1.54) is 13.3 Å². The number of ketones is 2. The topological polar surface area (TPSA) is 176 Å². The third-order valence-electron chi connectivity index (χ3n) is 7.13. The molecule has 3 aliphatic carbocycles. The molecule has 0 aliphatic heterocycles. The molecule has 2 aromatic rings. The number of aliphatic hydroxyl groups is 3. The Labute approximate surface area is 181 Å². The lowest BCUT2D eigenvalue weighted by Gasteiger charge is -2.48. The van der Waals surface area contributed by atoms with Gasteiger partial charge in [0.1, 0.15) is 22.6 Å². The van der Waals surface area contributed by atoms with Crippen LogP contribution in [0.2, 0.25) is 0 Å². The minimum Gasteiger partial charge on any atom is -0.511 e. The van der Waals surface area contributed by atoms with Gasteiger partial charge in [-0.15, -0.1) is 0 Å². The third kappa shape index (κ3) is 2.27. The van der Waals surface area contributed by atoms with Gasteiger partial charge in [-0.1, -0.05) is 6.92 Å². The van der Waals surface area contributed by atoms with Gasteiger partial charge in [-0.05, 0) is 30.4 Å². The summed E-state index contributed by atoms with van der Waals surface area (Å²) in [6.45, 7) is 1.54. The zero-order valence-corrected chi connectivity index (χ0v) is 17.3. The van der Waals surface area contributed by atoms with Gasteiger partial charge in [-0.3, -0.25) is 14.4 Å². The van der Waals surface area contributed by atoms with Crippen molar-refractivity contribution in [1.82, 2.24) is 4.98 Å². The molecule has 1 aromatic heterocycles. The maximum Gasteiger partial charge on any atom is 0.255 e. The van der Waals surface area contributed by atoms with E-state index in [-0.39, 0.29) is 23.1 Å². The van der Waals surface area contributed by atoms with Crippen molar-refractivity contribution in [1.29, 1.82) is 0 Å². The second kappa shape index (κ2) is 6.42. The number of nitrogens with one attached hydrogen (secondary N) is 1. The molecule has 10 nitrogen and oxygen atoms in total. The Hall–Kier alpha value is -3.66. The van der Waals surface area contributed by atoms with Crippen LogP contribution in [0, 0.1) is 17.8 Å². The van der Waals surface area contributed by atoms with Gasteiger partial charge in [0.15, 0.2) is 23.4 Å². The second-order valence-electron chi connectivity index (χ2n) is 8.57. The molecule has 1 aromatic carbocycles. The fraction of sp³-hybridized carbons (Fsp3) is 0.364. The van der Waals surface area contributed by atoms with Crippen LogP contribution in [-0.4, -0.2) is 50.4 Å². The van der Waals surface area contributed by atoms with Gasteiger partial charge < -0.3 is 30.8 Å². The van der Waals surface area contributed by atoms with E-state index in [1.54, 1.807) is 13.1 Å². The molecule has 32 heavy (non-hydrogen) atoms. The highest BCUT2D eigenvalue weighted by Crippen LogP contribution is 2.53. The summed E-state index contributed by atoms with van der Waals surface area (Å²) in [6, 6.07) is 1.76. The number of nitrogens with zero attached hydrogens (tertiary/aromatic N) is 1. The van der Waals surface area contributed by atoms with E-state index in [0.29, 0.717) is 23.2 Å². The first kappa shape index (κ1) is 20.3. The predicted molar refractivity (Wildman–Crippen MR) is 111 cm³/mol. The highest BCUT2D eigenvalue weighted by atomic mass is 16.4. The number of carbonyl (C=O) groups excluding carboxylic acids is 3. The standard InChI is InChI=1S/C22H21N3O7/c1-7-10-4-8-3-9-11(24-2)5-12-18(32-6-25-12)14(9)17(27)13(8)19(28)22(10,31)20(29)15(16(7)26)21(23)30/h5-8,10,24,26,28,31H,3-4H2,1-2H3,(H2,23,30)/t7?,8?,10-,22-/m0/s1. The zero-order chi connectivity index (χ0) is 23.1. The molecule has 0 radical (unpaired) electrons. The number of hydrogen-bond acceptors (Lipinski definition) is 9. The van der Waals surface area contributed by atoms with Crippen LogP contribution in [0.5, 0.6) is 0 Å². The predicted octanol–water partition coefficient (Wildman–Crippen LogP) is 1.30. The smallest absolute Gasteiger partial charge is 0.255 e. The first-order valence-corrected chi connectivity index (χ1v) is 10.2. The first-order chi connectivity index (χ1) is 15.1. The van der Waals surface area contributed by atoms with E-state index in [9.17, 15) is 29.7 Å². The zero-order valence-electron chi connectivity index (χ0n) is 17.3. The summed E-state index contributed by atoms with van der Waals surface area (Å²) in [5.41, 5.74) is 4.10. The highest BCUT2D eigenvalue weighted by molar-refractivity contribution is 6.25. The molecule has 0 bridgehead atoms. The number of allylic oxidation sites excluding steroid dienone is 2. The second-order valence-corrected chi connectivity index (χ2v) is 8.57. The van der Waals surface area contributed by atoms with Crippen LogP contribution in [0.25, 0.3) is 11.1 Å². The van der Waals surface area contributed by atoms with Crippen LogP contribution in [0.4, 0.5) is 5.69 Å². The molecule has 5 rings (SSSR count). The quantitative estimate of drug-likeness (QED) is 0.432. The molecule has 0 saturated carbocycles. The number of fused-ring (bicyclic) bond motifs is 5. The molecule has 1 heterocycles. The third-order valence-corrected chi connectivity index (χ3v) is 7.13. The highest BCUT2D eigenvalue weighted by Gasteiger charge is 2.61. The molecule has 3 aliphatic rings. The van der Waals surface area contributed by atoms with Gasteiger partial charge in [0, 0.05) is 30.1 Å². The Balaban J connectivity index is 1.76. The van der Waals surface area contributed by atoms with Crippen molar-refractivity contribution < 1.29 is 34.1 Å². The minimum atomic E-state index is -2.55. The van der Waals surface area contributed by atoms with Crippen LogP contribution in [0.1, 0.15) is 29.3 Å². The minimum absolute atomic E-state index is 0.104. The summed E-state index contributed by atoms with van der Waals surface area (Å²) in [7, 11) is 1.71. The van der Waals surface area contributed by atoms with Gasteiger partial charge in [0.2, 0.25) is 5.78 Å². The summed E-state index contributed by atoms with van der Waals surface area (Å²) < 4.78 is 5.44. The molecular weight excluding hydrogens is 418 g/mol. The van der Waals surface area contributed by atoms with E-state index >= 15 is 0 Å². The Kier molecular flexibility index (Phi) is 4.07. The number of aliphatic hydroxyl groups excluding tert-OH is 2. The number of Topliss-reactive ketones (excluding diaryl/α,β-unsaturated/α-hetero) is 2. The molecule has 4 atom stereocenters. The van der Waals surface area contributed by atoms with E-state index in [4.69, 9.17) is 10.2 Å². The fourth-order valence-corrected chi connectivity index (χ4v) is 5.55. The van der Waals surface area contributed by atoms with Crippen LogP contribution >= 0.6 is 0 Å². The van der Waals surface area contributed by atoms with Crippen LogP contribution in [0.3, 0.4) is 0 Å². The number of aromatic nitrogens is 1. The Morgan fingerprint density at radius 3 is 2.72 bits per heavy atom. The van der Waals surface area contributed by atoms with Gasteiger partial charge in [0.05, 0.1) is 5.56 Å². The average Bonchev–Trinajstić information content (AvgIpc) is 3.21. The molecule has 166 valence electrons. The number of anilines is 1. The molecule has 0 saturated heterocycles. The summed E-state index contributed by atoms with van der Waals surface area (Å²) in [4.78, 5) is 42.6. The monoisotopic (exact) mass is 439 g/mol. The molecule has 1 amide bonds. The number of primary amides is 1. The molecule has 0 fully saturated rings. The number of carbonyl (C=O) groups is 3. The first-order valence-electron chi connectivity index (χ1n) is 10.2. The SMILES string of the molecule is CNc1cc2ncoc2c2c1CC1C[C@H]3C(C)C(O)=C(C(N)=O)C(=O)[C@@]3(O)C(O)=C1C2=O. The van der Waals surface area contributed by atoms with Crippen molar-refractivity contribution in [3.05, 3.63) is 46.3 Å². The number of hydrogen-bond donors (Lipinski definition) is 5. The van der Waals surface area contributed by atoms with Crippen molar-refractivity contribution in [2.75, 3.05) is 12.4 Å². The number of benzene rings is 1. The van der Waals surface area contributed by atoms with Crippen LogP contribution in [-0.2, 0) is 16.0 Å². The molecule has 6 N–H and O–H groups in total. The van der Waals surface area contributed by atoms with Crippen LogP contribution in [0.15, 0.2) is 39.5 Å².